The summed E-state index contributed by atoms with van der Waals surface area (Å²) < 4.78 is 1.94. The third-order valence-electron chi connectivity index (χ3n) is 3.60. The summed E-state index contributed by atoms with van der Waals surface area (Å²) in [5, 5.41) is 16.9. The molecule has 1 saturated carbocycles. The summed E-state index contributed by atoms with van der Waals surface area (Å²) in [4.78, 5) is 8.53. The number of tetrazole rings is 1. The standard InChI is InChI=1S/C12H17N7S/c1-8-10(13-2)14-7-15-11(8)20-12-16-17-18-19(12)9-5-3-4-6-9/h7,9H,3-6H2,1-2H3,(H,13,14,15). The van der Waals surface area contributed by atoms with Crippen LogP contribution in [0.15, 0.2) is 16.5 Å². The number of aromatic nitrogens is 6. The van der Waals surface area contributed by atoms with Gasteiger partial charge in [0.25, 0.3) is 0 Å². The second kappa shape index (κ2) is 5.74. The molecule has 0 amide bonds. The van der Waals surface area contributed by atoms with E-state index in [0.29, 0.717) is 6.04 Å². The van der Waals surface area contributed by atoms with E-state index in [0.717, 1.165) is 34.4 Å². The number of nitrogens with zero attached hydrogens (tertiary/aromatic N) is 6. The molecule has 0 atom stereocenters. The molecule has 8 heteroatoms. The molecule has 0 spiro atoms. The monoisotopic (exact) mass is 291 g/mol. The van der Waals surface area contributed by atoms with Crippen LogP contribution in [0.5, 0.6) is 0 Å². The minimum Gasteiger partial charge on any atom is -0.373 e. The fourth-order valence-corrected chi connectivity index (χ4v) is 3.39. The van der Waals surface area contributed by atoms with Crippen LogP contribution in [-0.2, 0) is 0 Å². The summed E-state index contributed by atoms with van der Waals surface area (Å²) >= 11 is 1.50. The molecule has 1 aliphatic carbocycles. The van der Waals surface area contributed by atoms with Crippen LogP contribution >= 0.6 is 11.8 Å². The van der Waals surface area contributed by atoms with Crippen molar-refractivity contribution in [2.45, 2.75) is 48.8 Å². The third kappa shape index (κ3) is 2.47. The van der Waals surface area contributed by atoms with Gasteiger partial charge in [0.2, 0.25) is 5.16 Å². The van der Waals surface area contributed by atoms with Gasteiger partial charge < -0.3 is 5.32 Å². The highest BCUT2D eigenvalue weighted by Gasteiger charge is 2.22. The molecule has 0 radical (unpaired) electrons. The Morgan fingerprint density at radius 1 is 1.30 bits per heavy atom. The first-order chi connectivity index (χ1) is 9.79. The first-order valence-corrected chi connectivity index (χ1v) is 7.56. The Bertz CT molecular complexity index is 591. The van der Waals surface area contributed by atoms with Gasteiger partial charge in [0, 0.05) is 12.6 Å². The van der Waals surface area contributed by atoms with E-state index >= 15 is 0 Å². The van der Waals surface area contributed by atoms with Crippen molar-refractivity contribution < 1.29 is 0 Å². The van der Waals surface area contributed by atoms with Gasteiger partial charge in [0.05, 0.1) is 6.04 Å². The number of nitrogens with one attached hydrogen (secondary N) is 1. The molecule has 0 bridgehead atoms. The lowest BCUT2D eigenvalue weighted by Gasteiger charge is -2.11. The Hall–Kier alpha value is -1.70. The molecule has 0 aromatic carbocycles. The van der Waals surface area contributed by atoms with Crippen LogP contribution in [0.4, 0.5) is 5.82 Å². The topological polar surface area (TPSA) is 81.4 Å². The van der Waals surface area contributed by atoms with Gasteiger partial charge >= 0.3 is 0 Å². The highest BCUT2D eigenvalue weighted by molar-refractivity contribution is 7.99. The zero-order valence-corrected chi connectivity index (χ0v) is 12.4. The van der Waals surface area contributed by atoms with Crippen LogP contribution in [0.1, 0.15) is 37.3 Å². The third-order valence-corrected chi connectivity index (χ3v) is 4.65. The molecule has 0 aliphatic heterocycles. The molecular weight excluding hydrogens is 274 g/mol. The van der Waals surface area contributed by atoms with Crippen molar-refractivity contribution in [3.05, 3.63) is 11.9 Å². The molecule has 1 fully saturated rings. The average molecular weight is 291 g/mol. The van der Waals surface area contributed by atoms with Crippen molar-refractivity contribution in [3.8, 4) is 0 Å². The Morgan fingerprint density at radius 2 is 2.10 bits per heavy atom. The molecule has 3 rings (SSSR count). The quantitative estimate of drug-likeness (QED) is 0.864. The van der Waals surface area contributed by atoms with Gasteiger partial charge in [-0.15, -0.1) is 5.10 Å². The van der Waals surface area contributed by atoms with E-state index in [1.165, 1.54) is 24.6 Å². The molecule has 2 heterocycles. The molecule has 0 unspecified atom stereocenters. The van der Waals surface area contributed by atoms with Crippen molar-refractivity contribution >= 4 is 17.6 Å². The van der Waals surface area contributed by atoms with Crippen LogP contribution < -0.4 is 5.32 Å². The molecule has 2 aromatic rings. The molecule has 1 aliphatic rings. The molecule has 106 valence electrons. The number of rotatable bonds is 4. The predicted octanol–water partition coefficient (Wildman–Crippen LogP) is 2.08. The maximum atomic E-state index is 4.33. The largest absolute Gasteiger partial charge is 0.373 e. The molecule has 20 heavy (non-hydrogen) atoms. The fourth-order valence-electron chi connectivity index (χ4n) is 2.51. The van der Waals surface area contributed by atoms with E-state index in [2.05, 4.69) is 30.8 Å². The summed E-state index contributed by atoms with van der Waals surface area (Å²) in [5.41, 5.74) is 1.01. The fraction of sp³-hybridized carbons (Fsp3) is 0.583. The Kier molecular flexibility index (Phi) is 3.81. The maximum Gasteiger partial charge on any atom is 0.215 e. The molecule has 2 aromatic heterocycles. The van der Waals surface area contributed by atoms with Gasteiger partial charge in [0.15, 0.2) is 0 Å². The number of anilines is 1. The minimum atomic E-state index is 0.429. The summed E-state index contributed by atoms with van der Waals surface area (Å²) in [5.74, 6) is 0.836. The zero-order valence-electron chi connectivity index (χ0n) is 11.6. The molecule has 0 saturated heterocycles. The van der Waals surface area contributed by atoms with Crippen LogP contribution in [-0.4, -0.2) is 37.2 Å². The summed E-state index contributed by atoms with van der Waals surface area (Å²) in [6.07, 6.45) is 6.38. The van der Waals surface area contributed by atoms with E-state index in [-0.39, 0.29) is 0 Å². The minimum absolute atomic E-state index is 0.429. The molecule has 1 N–H and O–H groups in total. The van der Waals surface area contributed by atoms with E-state index < -0.39 is 0 Å². The number of hydrogen-bond donors (Lipinski definition) is 1. The summed E-state index contributed by atoms with van der Waals surface area (Å²) in [7, 11) is 1.85. The van der Waals surface area contributed by atoms with E-state index in [1.54, 1.807) is 6.33 Å². The van der Waals surface area contributed by atoms with Crippen molar-refractivity contribution in [2.75, 3.05) is 12.4 Å². The van der Waals surface area contributed by atoms with E-state index in [4.69, 9.17) is 0 Å². The van der Waals surface area contributed by atoms with E-state index in [1.807, 2.05) is 18.7 Å². The molecular formula is C12H17N7S. The van der Waals surface area contributed by atoms with Gasteiger partial charge in [-0.05, 0) is 42.0 Å². The summed E-state index contributed by atoms with van der Waals surface area (Å²) in [6.45, 7) is 2.00. The van der Waals surface area contributed by atoms with Crippen LogP contribution in [0.2, 0.25) is 0 Å². The van der Waals surface area contributed by atoms with Gasteiger partial charge in [-0.25, -0.2) is 14.6 Å². The second-order valence-electron chi connectivity index (χ2n) is 4.85. The Morgan fingerprint density at radius 3 is 2.85 bits per heavy atom. The smallest absolute Gasteiger partial charge is 0.215 e. The SMILES string of the molecule is CNc1ncnc(Sc2nnnn2C2CCCC2)c1C. The van der Waals surface area contributed by atoms with Gasteiger partial charge in [-0.1, -0.05) is 12.8 Å². The van der Waals surface area contributed by atoms with Gasteiger partial charge in [-0.3, -0.25) is 0 Å². The van der Waals surface area contributed by atoms with Crippen molar-refractivity contribution in [1.82, 2.24) is 30.2 Å². The predicted molar refractivity (Wildman–Crippen MR) is 75.8 cm³/mol. The average Bonchev–Trinajstić information content (AvgIpc) is 3.11. The summed E-state index contributed by atoms with van der Waals surface area (Å²) in [6, 6.07) is 0.429. The lowest BCUT2D eigenvalue weighted by atomic mass is 10.3. The highest BCUT2D eigenvalue weighted by atomic mass is 32.2. The van der Waals surface area contributed by atoms with Gasteiger partial charge in [0.1, 0.15) is 17.2 Å². The normalized spacial score (nSPS) is 15.7. The van der Waals surface area contributed by atoms with Crippen LogP contribution in [0.25, 0.3) is 0 Å². The molecule has 7 nitrogen and oxygen atoms in total. The van der Waals surface area contributed by atoms with Crippen LogP contribution in [0.3, 0.4) is 0 Å². The van der Waals surface area contributed by atoms with Crippen molar-refractivity contribution in [1.29, 1.82) is 0 Å². The first-order valence-electron chi connectivity index (χ1n) is 6.74. The Labute approximate surface area is 121 Å². The zero-order chi connectivity index (χ0) is 13.9. The van der Waals surface area contributed by atoms with Crippen LogP contribution in [0, 0.1) is 6.92 Å². The van der Waals surface area contributed by atoms with Crippen molar-refractivity contribution in [2.24, 2.45) is 0 Å². The van der Waals surface area contributed by atoms with E-state index in [9.17, 15) is 0 Å². The lowest BCUT2D eigenvalue weighted by molar-refractivity contribution is 0.423. The van der Waals surface area contributed by atoms with Crippen molar-refractivity contribution in [3.63, 3.8) is 0 Å². The Balaban J connectivity index is 1.86. The lowest BCUT2D eigenvalue weighted by Crippen LogP contribution is -2.08. The first kappa shape index (κ1) is 13.3. The second-order valence-corrected chi connectivity index (χ2v) is 5.80. The maximum absolute atomic E-state index is 4.33. The highest BCUT2D eigenvalue weighted by Crippen LogP contribution is 2.34. The van der Waals surface area contributed by atoms with Gasteiger partial charge in [-0.2, -0.15) is 0 Å². The number of hydrogen-bond acceptors (Lipinski definition) is 7.